The number of rotatable bonds is 9. The molecule has 0 aromatic carbocycles. The average Bonchev–Trinajstić information content (AvgIpc) is 2.89. The SMILES string of the molecule is C=CCN(CC=C)[C@@H](CNc1nc2c(cnn2C)c(=O)[nH]1)C(C)C. The molecule has 7 heteroatoms. The molecule has 0 saturated heterocycles. The van der Waals surface area contributed by atoms with Gasteiger partial charge in [-0.05, 0) is 5.92 Å². The summed E-state index contributed by atoms with van der Waals surface area (Å²) in [5.74, 6) is 0.878. The molecule has 0 fully saturated rings. The smallest absolute Gasteiger partial charge is 0.263 e. The maximum Gasteiger partial charge on any atom is 0.263 e. The first-order chi connectivity index (χ1) is 11.5. The number of aryl methyl sites for hydroxylation is 1. The first-order valence-electron chi connectivity index (χ1n) is 8.09. The lowest BCUT2D eigenvalue weighted by Crippen LogP contribution is -2.44. The molecule has 2 N–H and O–H groups in total. The number of H-pyrrole nitrogens is 1. The number of nitrogens with one attached hydrogen (secondary N) is 2. The predicted octanol–water partition coefficient (Wildman–Crippen LogP) is 1.77. The molecule has 0 bridgehead atoms. The number of fused-ring (bicyclic) bond motifs is 1. The summed E-state index contributed by atoms with van der Waals surface area (Å²) >= 11 is 0. The van der Waals surface area contributed by atoms with Crippen LogP contribution in [-0.2, 0) is 7.05 Å². The fraction of sp³-hybridized carbons (Fsp3) is 0.471. The van der Waals surface area contributed by atoms with E-state index in [2.05, 4.69) is 52.3 Å². The van der Waals surface area contributed by atoms with Crippen molar-refractivity contribution in [2.75, 3.05) is 25.0 Å². The maximum atomic E-state index is 12.1. The minimum Gasteiger partial charge on any atom is -0.354 e. The average molecular weight is 330 g/mol. The number of anilines is 1. The molecule has 0 saturated carbocycles. The van der Waals surface area contributed by atoms with Gasteiger partial charge in [-0.3, -0.25) is 19.4 Å². The van der Waals surface area contributed by atoms with E-state index in [0.29, 0.717) is 29.4 Å². The summed E-state index contributed by atoms with van der Waals surface area (Å²) < 4.78 is 1.59. The van der Waals surface area contributed by atoms with E-state index in [1.165, 1.54) is 6.20 Å². The van der Waals surface area contributed by atoms with Crippen molar-refractivity contribution in [3.8, 4) is 0 Å². The summed E-state index contributed by atoms with van der Waals surface area (Å²) in [4.78, 5) is 21.6. The van der Waals surface area contributed by atoms with Crippen molar-refractivity contribution in [2.45, 2.75) is 19.9 Å². The van der Waals surface area contributed by atoms with Gasteiger partial charge in [-0.1, -0.05) is 26.0 Å². The second-order valence-electron chi connectivity index (χ2n) is 6.14. The van der Waals surface area contributed by atoms with Gasteiger partial charge < -0.3 is 5.32 Å². The molecule has 2 aromatic heterocycles. The van der Waals surface area contributed by atoms with Crippen molar-refractivity contribution in [1.29, 1.82) is 0 Å². The second kappa shape index (κ2) is 7.92. The van der Waals surface area contributed by atoms with E-state index >= 15 is 0 Å². The van der Waals surface area contributed by atoms with E-state index in [0.717, 1.165) is 13.1 Å². The second-order valence-corrected chi connectivity index (χ2v) is 6.14. The number of hydrogen-bond donors (Lipinski definition) is 2. The number of hydrogen-bond acceptors (Lipinski definition) is 5. The Labute approximate surface area is 142 Å². The third-order valence-corrected chi connectivity index (χ3v) is 4.05. The van der Waals surface area contributed by atoms with Gasteiger partial charge in [-0.2, -0.15) is 10.1 Å². The minimum absolute atomic E-state index is 0.189. The number of nitrogens with zero attached hydrogens (tertiary/aromatic N) is 4. The standard InChI is InChI=1S/C17H26N6O/c1-6-8-23(9-7-2)14(12(3)4)11-18-17-20-15-13(16(24)21-17)10-19-22(15)5/h6-7,10,12,14H,1-2,8-9,11H2,3-5H3,(H2,18,20,21,24)/t14-/m0/s1. The molecule has 24 heavy (non-hydrogen) atoms. The van der Waals surface area contributed by atoms with Crippen LogP contribution < -0.4 is 10.9 Å². The Hall–Kier alpha value is -2.41. The Kier molecular flexibility index (Phi) is 5.92. The molecule has 7 nitrogen and oxygen atoms in total. The monoisotopic (exact) mass is 330 g/mol. The summed E-state index contributed by atoms with van der Waals surface area (Å²) in [7, 11) is 1.77. The zero-order valence-electron chi connectivity index (χ0n) is 14.6. The van der Waals surface area contributed by atoms with Crippen LogP contribution in [0.1, 0.15) is 13.8 Å². The van der Waals surface area contributed by atoms with Crippen molar-refractivity contribution >= 4 is 17.0 Å². The van der Waals surface area contributed by atoms with Gasteiger partial charge in [0.25, 0.3) is 5.56 Å². The third-order valence-electron chi connectivity index (χ3n) is 4.05. The normalized spacial score (nSPS) is 12.7. The first-order valence-corrected chi connectivity index (χ1v) is 8.09. The van der Waals surface area contributed by atoms with Crippen LogP contribution in [0.2, 0.25) is 0 Å². The molecular weight excluding hydrogens is 304 g/mol. The van der Waals surface area contributed by atoms with Gasteiger partial charge in [0.1, 0.15) is 5.39 Å². The van der Waals surface area contributed by atoms with E-state index in [9.17, 15) is 4.79 Å². The molecular formula is C17H26N6O. The fourth-order valence-corrected chi connectivity index (χ4v) is 2.78. The largest absolute Gasteiger partial charge is 0.354 e. The molecule has 0 aliphatic heterocycles. The van der Waals surface area contributed by atoms with Crippen molar-refractivity contribution in [3.05, 3.63) is 41.9 Å². The Balaban J connectivity index is 2.19. The molecule has 1 atom stereocenters. The van der Waals surface area contributed by atoms with E-state index in [1.807, 2.05) is 12.2 Å². The minimum atomic E-state index is -0.189. The van der Waals surface area contributed by atoms with Crippen LogP contribution in [-0.4, -0.2) is 50.3 Å². The van der Waals surface area contributed by atoms with Gasteiger partial charge in [-0.15, -0.1) is 13.2 Å². The van der Waals surface area contributed by atoms with E-state index in [-0.39, 0.29) is 11.6 Å². The van der Waals surface area contributed by atoms with Crippen LogP contribution >= 0.6 is 0 Å². The van der Waals surface area contributed by atoms with Gasteiger partial charge in [0.2, 0.25) is 5.95 Å². The van der Waals surface area contributed by atoms with Gasteiger partial charge in [0.15, 0.2) is 5.65 Å². The molecule has 0 unspecified atom stereocenters. The van der Waals surface area contributed by atoms with Crippen molar-refractivity contribution < 1.29 is 0 Å². The van der Waals surface area contributed by atoms with Crippen LogP contribution in [0.15, 0.2) is 36.3 Å². The zero-order chi connectivity index (χ0) is 17.7. The van der Waals surface area contributed by atoms with E-state index < -0.39 is 0 Å². The molecule has 130 valence electrons. The highest BCUT2D eigenvalue weighted by Crippen LogP contribution is 2.13. The summed E-state index contributed by atoms with van der Waals surface area (Å²) in [6.45, 7) is 14.2. The first kappa shape index (κ1) is 17.9. The summed E-state index contributed by atoms with van der Waals surface area (Å²) in [5.41, 5.74) is 0.377. The van der Waals surface area contributed by atoms with Crippen LogP contribution in [0.4, 0.5) is 5.95 Å². The molecule has 0 amide bonds. The summed E-state index contributed by atoms with van der Waals surface area (Å²) in [5, 5.41) is 7.82. The van der Waals surface area contributed by atoms with Gasteiger partial charge in [-0.25, -0.2) is 0 Å². The Morgan fingerprint density at radius 1 is 1.38 bits per heavy atom. The van der Waals surface area contributed by atoms with Gasteiger partial charge >= 0.3 is 0 Å². The molecule has 2 aromatic rings. The van der Waals surface area contributed by atoms with Crippen LogP contribution in [0.25, 0.3) is 11.0 Å². The Bertz CT molecular complexity index is 750. The summed E-state index contributed by atoms with van der Waals surface area (Å²) in [6, 6.07) is 0.258. The van der Waals surface area contributed by atoms with Crippen molar-refractivity contribution in [2.24, 2.45) is 13.0 Å². The maximum absolute atomic E-state index is 12.1. The molecule has 2 rings (SSSR count). The fourth-order valence-electron chi connectivity index (χ4n) is 2.78. The lowest BCUT2D eigenvalue weighted by atomic mass is 10.0. The Morgan fingerprint density at radius 3 is 2.62 bits per heavy atom. The third kappa shape index (κ3) is 3.91. The lowest BCUT2D eigenvalue weighted by Gasteiger charge is -2.33. The highest BCUT2D eigenvalue weighted by atomic mass is 16.1. The zero-order valence-corrected chi connectivity index (χ0v) is 14.6. The molecule has 0 aliphatic rings. The Morgan fingerprint density at radius 2 is 2.04 bits per heavy atom. The highest BCUT2D eigenvalue weighted by molar-refractivity contribution is 5.74. The van der Waals surface area contributed by atoms with Gasteiger partial charge in [0.05, 0.1) is 6.20 Å². The van der Waals surface area contributed by atoms with Gasteiger partial charge in [0, 0.05) is 32.7 Å². The molecule has 0 aliphatic carbocycles. The van der Waals surface area contributed by atoms with E-state index in [1.54, 1.807) is 11.7 Å². The summed E-state index contributed by atoms with van der Waals surface area (Å²) in [6.07, 6.45) is 5.30. The lowest BCUT2D eigenvalue weighted by molar-refractivity contribution is 0.199. The highest BCUT2D eigenvalue weighted by Gasteiger charge is 2.20. The van der Waals surface area contributed by atoms with Crippen LogP contribution in [0, 0.1) is 5.92 Å². The topological polar surface area (TPSA) is 78.8 Å². The predicted molar refractivity (Wildman–Crippen MR) is 98.2 cm³/mol. The molecule has 0 radical (unpaired) electrons. The number of aromatic nitrogens is 4. The quantitative estimate of drug-likeness (QED) is 0.685. The van der Waals surface area contributed by atoms with Crippen molar-refractivity contribution in [3.63, 3.8) is 0 Å². The van der Waals surface area contributed by atoms with Crippen LogP contribution in [0.3, 0.4) is 0 Å². The molecule has 0 spiro atoms. The molecule has 2 heterocycles. The number of aromatic amines is 1. The van der Waals surface area contributed by atoms with E-state index in [4.69, 9.17) is 0 Å². The van der Waals surface area contributed by atoms with Crippen molar-refractivity contribution in [1.82, 2.24) is 24.6 Å². The van der Waals surface area contributed by atoms with Crippen LogP contribution in [0.5, 0.6) is 0 Å².